The fourth-order valence-corrected chi connectivity index (χ4v) is 4.67. The Labute approximate surface area is 201 Å². The van der Waals surface area contributed by atoms with Crippen molar-refractivity contribution >= 4 is 71.8 Å². The van der Waals surface area contributed by atoms with Gasteiger partial charge in [-0.25, -0.2) is 8.42 Å². The normalized spacial score (nSPS) is 18.7. The van der Waals surface area contributed by atoms with Crippen molar-refractivity contribution in [2.45, 2.75) is 30.0 Å². The molecule has 0 N–H and O–H groups in total. The van der Waals surface area contributed by atoms with E-state index in [1.807, 2.05) is 0 Å². The van der Waals surface area contributed by atoms with E-state index in [1.54, 1.807) is 0 Å². The van der Waals surface area contributed by atoms with E-state index in [4.69, 9.17) is 61.9 Å². The van der Waals surface area contributed by atoms with Crippen molar-refractivity contribution in [2.75, 3.05) is 5.34 Å². The predicted molar refractivity (Wildman–Crippen MR) is 117 cm³/mol. The third kappa shape index (κ3) is 5.92. The van der Waals surface area contributed by atoms with Gasteiger partial charge in [-0.05, 0) is 48.4 Å². The van der Waals surface area contributed by atoms with Crippen LogP contribution < -0.4 is 0 Å². The molecule has 170 valence electrons. The lowest BCUT2D eigenvalue weighted by atomic mass is 9.86. The molecule has 0 bridgehead atoms. The first-order valence-corrected chi connectivity index (χ1v) is 12.3. The van der Waals surface area contributed by atoms with Crippen LogP contribution in [-0.4, -0.2) is 25.6 Å². The molecule has 1 atom stereocenters. The second-order valence-corrected chi connectivity index (χ2v) is 10.5. The molecular weight excluding hydrogens is 545 g/mol. The van der Waals surface area contributed by atoms with Gasteiger partial charge in [-0.2, -0.15) is 13.2 Å². The van der Waals surface area contributed by atoms with Crippen molar-refractivity contribution in [3.05, 3.63) is 63.1 Å². The Kier molecular flexibility index (Phi) is 8.44. The Morgan fingerprint density at radius 3 is 2.10 bits per heavy atom. The second kappa shape index (κ2) is 9.93. The molecule has 31 heavy (non-hydrogen) atoms. The number of alkyl halides is 5. The van der Waals surface area contributed by atoms with Gasteiger partial charge in [-0.3, -0.25) is 0 Å². The molecule has 2 aromatic carbocycles. The van der Waals surface area contributed by atoms with Crippen molar-refractivity contribution < 1.29 is 26.4 Å². The van der Waals surface area contributed by atoms with Gasteiger partial charge in [0.05, 0.1) is 15.9 Å². The van der Waals surface area contributed by atoms with Crippen molar-refractivity contribution in [2.24, 2.45) is 5.16 Å². The van der Waals surface area contributed by atoms with Crippen molar-refractivity contribution in [1.29, 1.82) is 0 Å². The van der Waals surface area contributed by atoms with Gasteiger partial charge in [-0.1, -0.05) is 34.4 Å². The summed E-state index contributed by atoms with van der Waals surface area (Å²) in [5.74, 6) is 0. The zero-order valence-electron chi connectivity index (χ0n) is 15.5. The van der Waals surface area contributed by atoms with Gasteiger partial charge in [0.1, 0.15) is 0 Å². The van der Waals surface area contributed by atoms with Crippen LogP contribution in [0, 0.1) is 6.92 Å². The first-order valence-electron chi connectivity index (χ1n) is 8.21. The number of benzene rings is 2. The molecule has 0 aliphatic carbocycles. The number of nitrogens with zero attached hydrogens (tertiary/aromatic N) is 1. The van der Waals surface area contributed by atoms with Gasteiger partial charge in [-0.15, -0.1) is 23.2 Å². The molecule has 0 radical (unpaired) electrons. The zero-order chi connectivity index (χ0) is 23.6. The van der Waals surface area contributed by atoms with E-state index in [0.717, 1.165) is 12.1 Å². The molecule has 1 heterocycles. The Hall–Kier alpha value is -0.900. The number of halogens is 8. The summed E-state index contributed by atoms with van der Waals surface area (Å²) in [6.07, 6.45) is -5.46. The molecule has 0 aromatic heterocycles. The third-order valence-corrected chi connectivity index (χ3v) is 6.20. The highest BCUT2D eigenvalue weighted by molar-refractivity contribution is 8.13. The lowest BCUT2D eigenvalue weighted by Gasteiger charge is -2.29. The van der Waals surface area contributed by atoms with Crippen LogP contribution in [0.4, 0.5) is 13.2 Å². The SMILES string of the molecule is Cc1cc(C2=NOC(c3cc(Cl)cc(Cl)c3)(C(F)(F)F)C2)ccc1S(=O)(=O)Cl.ClCCl. The molecule has 1 aliphatic rings. The number of aryl methyl sites for hydroxylation is 1. The maximum atomic E-state index is 14.0. The van der Waals surface area contributed by atoms with Crippen LogP contribution in [0.3, 0.4) is 0 Å². The average Bonchev–Trinajstić information content (AvgIpc) is 3.07. The van der Waals surface area contributed by atoms with Crippen LogP contribution in [0.1, 0.15) is 23.1 Å². The van der Waals surface area contributed by atoms with E-state index in [2.05, 4.69) is 5.16 Å². The van der Waals surface area contributed by atoms with E-state index >= 15 is 0 Å². The zero-order valence-corrected chi connectivity index (χ0v) is 20.1. The van der Waals surface area contributed by atoms with Crippen molar-refractivity contribution in [3.63, 3.8) is 0 Å². The largest absolute Gasteiger partial charge is 0.435 e. The lowest BCUT2D eigenvalue weighted by molar-refractivity contribution is -0.275. The molecule has 13 heteroatoms. The Morgan fingerprint density at radius 1 is 1.10 bits per heavy atom. The van der Waals surface area contributed by atoms with Crippen molar-refractivity contribution in [1.82, 2.24) is 0 Å². The van der Waals surface area contributed by atoms with Gasteiger partial charge in [0, 0.05) is 32.7 Å². The summed E-state index contributed by atoms with van der Waals surface area (Å²) in [6, 6.07) is 7.46. The molecule has 0 saturated heterocycles. The number of oxime groups is 1. The summed E-state index contributed by atoms with van der Waals surface area (Å²) >= 11 is 21.2. The molecule has 2 aromatic rings. The van der Waals surface area contributed by atoms with Gasteiger partial charge in [0.25, 0.3) is 14.7 Å². The number of hydrogen-bond acceptors (Lipinski definition) is 4. The standard InChI is InChI=1S/C17H11Cl3F3NO3S.CH2Cl2/c1-9-4-10(2-3-15(9)28(20,25)26)14-8-16(27-24-14,17(21,22)23)11-5-12(18)7-13(19)6-11;2-1-3/h2-7H,8H2,1H3;1H2. The molecule has 0 saturated carbocycles. The highest BCUT2D eigenvalue weighted by atomic mass is 35.7. The Bertz CT molecular complexity index is 1090. The highest BCUT2D eigenvalue weighted by Crippen LogP contribution is 2.49. The minimum Gasteiger partial charge on any atom is -0.374 e. The van der Waals surface area contributed by atoms with Gasteiger partial charge >= 0.3 is 6.18 Å². The van der Waals surface area contributed by atoms with Crippen LogP contribution in [-0.2, 0) is 19.5 Å². The quantitative estimate of drug-likeness (QED) is 0.296. The minimum atomic E-state index is -4.82. The molecule has 1 unspecified atom stereocenters. The predicted octanol–water partition coefficient (Wildman–Crippen LogP) is 7.23. The third-order valence-electron chi connectivity index (χ3n) is 4.29. The Balaban J connectivity index is 0.00000107. The molecule has 3 rings (SSSR count). The molecule has 4 nitrogen and oxygen atoms in total. The van der Waals surface area contributed by atoms with Crippen LogP contribution >= 0.6 is 57.1 Å². The van der Waals surface area contributed by atoms with E-state index < -0.39 is 27.2 Å². The minimum absolute atomic E-state index is 0.00459. The smallest absolute Gasteiger partial charge is 0.374 e. The monoisotopic (exact) mass is 555 g/mol. The second-order valence-electron chi connectivity index (χ2n) is 6.31. The maximum absolute atomic E-state index is 14.0. The van der Waals surface area contributed by atoms with Crippen LogP contribution in [0.5, 0.6) is 0 Å². The topological polar surface area (TPSA) is 55.7 Å². The van der Waals surface area contributed by atoms with Gasteiger partial charge < -0.3 is 4.84 Å². The molecule has 1 aliphatic heterocycles. The highest BCUT2D eigenvalue weighted by Gasteiger charge is 2.62. The summed E-state index contributed by atoms with van der Waals surface area (Å²) in [4.78, 5) is 4.77. The van der Waals surface area contributed by atoms with Crippen LogP contribution in [0.25, 0.3) is 0 Å². The van der Waals surface area contributed by atoms with Crippen molar-refractivity contribution in [3.8, 4) is 0 Å². The molecule has 0 amide bonds. The van der Waals surface area contributed by atoms with E-state index in [1.165, 1.54) is 31.2 Å². The van der Waals surface area contributed by atoms with Crippen LogP contribution in [0.2, 0.25) is 10.0 Å². The molecule has 0 spiro atoms. The molecule has 0 fully saturated rings. The number of hydrogen-bond donors (Lipinski definition) is 0. The fraction of sp³-hybridized carbons (Fsp3) is 0.278. The summed E-state index contributed by atoms with van der Waals surface area (Å²) < 4.78 is 64.9. The first kappa shape index (κ1) is 26.4. The van der Waals surface area contributed by atoms with E-state index in [0.29, 0.717) is 0 Å². The first-order chi connectivity index (χ1) is 14.2. The summed E-state index contributed by atoms with van der Waals surface area (Å²) in [7, 11) is 1.35. The van der Waals surface area contributed by atoms with E-state index in [-0.39, 0.29) is 42.7 Å². The summed E-state index contributed by atoms with van der Waals surface area (Å²) in [5, 5.41) is 3.86. The Morgan fingerprint density at radius 2 is 1.65 bits per heavy atom. The molecular formula is C18H13Cl5F3NO3S. The lowest BCUT2D eigenvalue weighted by Crippen LogP contribution is -2.42. The summed E-state index contributed by atoms with van der Waals surface area (Å²) in [6.45, 7) is 1.48. The van der Waals surface area contributed by atoms with Gasteiger partial charge in [0.15, 0.2) is 0 Å². The number of rotatable bonds is 3. The van der Waals surface area contributed by atoms with E-state index in [9.17, 15) is 21.6 Å². The van der Waals surface area contributed by atoms with Gasteiger partial charge in [0.2, 0.25) is 0 Å². The fourth-order valence-electron chi connectivity index (χ4n) is 2.95. The summed E-state index contributed by atoms with van der Waals surface area (Å²) in [5.41, 5.74) is -2.50. The van der Waals surface area contributed by atoms with Crippen LogP contribution in [0.15, 0.2) is 46.4 Å². The average molecular weight is 558 g/mol. The maximum Gasteiger partial charge on any atom is 0.435 e.